The van der Waals surface area contributed by atoms with Gasteiger partial charge in [0.25, 0.3) is 0 Å². The molecule has 0 saturated heterocycles. The average Bonchev–Trinajstić information content (AvgIpc) is 2.98. The predicted octanol–water partition coefficient (Wildman–Crippen LogP) is 12.9. The molecule has 0 amide bonds. The Labute approximate surface area is 284 Å². The first-order valence-electron chi connectivity index (χ1n) is 19.4. The molecule has 2 saturated carbocycles. The fourth-order valence-corrected chi connectivity index (χ4v) is 29.7. The second-order valence-corrected chi connectivity index (χ2v) is 31.5. The topological polar surface area (TPSA) is 0 Å². The predicted molar refractivity (Wildman–Crippen MR) is 214 cm³/mol. The van der Waals surface area contributed by atoms with Gasteiger partial charge in [0.15, 0.2) is 0 Å². The first kappa shape index (κ1) is 37.1. The average molecular weight is 663 g/mol. The molecule has 2 aliphatic rings. The van der Waals surface area contributed by atoms with Crippen molar-refractivity contribution < 1.29 is 0 Å². The highest BCUT2D eigenvalue weighted by Crippen LogP contribution is 2.57. The van der Waals surface area contributed by atoms with Gasteiger partial charge in [0, 0.05) is 0 Å². The van der Waals surface area contributed by atoms with Crippen molar-refractivity contribution in [1.29, 1.82) is 0 Å². The Balaban J connectivity index is 2.18. The molecule has 252 valence electrons. The van der Waals surface area contributed by atoms with Crippen LogP contribution in [0.1, 0.15) is 147 Å². The molecule has 0 aromatic heterocycles. The minimum absolute atomic E-state index is 0.194. The Bertz CT molecular complexity index is 1100. The maximum atomic E-state index is 2.67. The fraction of sp³-hybridized carbons (Fsp3) is 0.714. The van der Waals surface area contributed by atoms with Gasteiger partial charge in [-0.05, 0) is 86.7 Å². The van der Waals surface area contributed by atoms with Crippen molar-refractivity contribution in [2.45, 2.75) is 192 Å². The van der Waals surface area contributed by atoms with Gasteiger partial charge in [0.1, 0.15) is 0 Å². The lowest BCUT2D eigenvalue weighted by Crippen LogP contribution is -2.62. The number of hydrogen-bond acceptors (Lipinski definition) is 0. The van der Waals surface area contributed by atoms with Crippen molar-refractivity contribution in [2.75, 3.05) is 0 Å². The van der Waals surface area contributed by atoms with Crippen LogP contribution in [0.25, 0.3) is 11.1 Å². The lowest BCUT2D eigenvalue weighted by atomic mass is 9.99. The van der Waals surface area contributed by atoms with E-state index in [0.29, 0.717) is 33.2 Å². The molecule has 2 aliphatic carbocycles. The highest BCUT2D eigenvalue weighted by molar-refractivity contribution is 7.67. The van der Waals surface area contributed by atoms with Gasteiger partial charge < -0.3 is 0 Å². The summed E-state index contributed by atoms with van der Waals surface area (Å²) in [5.74, 6) is 0. The van der Waals surface area contributed by atoms with Crippen LogP contribution in [0.15, 0.2) is 42.5 Å². The summed E-state index contributed by atoms with van der Waals surface area (Å²) < 4.78 is 0. The van der Waals surface area contributed by atoms with E-state index >= 15 is 0 Å². The summed E-state index contributed by atoms with van der Waals surface area (Å²) in [4.78, 5) is 0. The summed E-state index contributed by atoms with van der Waals surface area (Å²) in [5, 5.41) is 5.43. The molecule has 0 bridgehead atoms. The first-order chi connectivity index (χ1) is 21.3. The van der Waals surface area contributed by atoms with Gasteiger partial charge in [-0.15, -0.1) is 0 Å². The number of hydrogen-bond donors (Lipinski definition) is 0. The zero-order chi connectivity index (χ0) is 33.1. The molecule has 0 aliphatic heterocycles. The molecule has 0 N–H and O–H groups in total. The second kappa shape index (κ2) is 15.7. The van der Waals surface area contributed by atoms with Crippen molar-refractivity contribution in [3.63, 3.8) is 0 Å². The van der Waals surface area contributed by atoms with E-state index in [1.807, 2.05) is 10.4 Å². The lowest BCUT2D eigenvalue weighted by molar-refractivity contribution is 0.487. The van der Waals surface area contributed by atoms with Crippen LogP contribution >= 0.6 is 7.92 Å². The third-order valence-electron chi connectivity index (χ3n) is 13.1. The van der Waals surface area contributed by atoms with Crippen LogP contribution in [-0.2, 0) is 0 Å². The van der Waals surface area contributed by atoms with Crippen LogP contribution in [-0.4, -0.2) is 27.5 Å². The molecule has 2 aromatic carbocycles. The molecule has 0 heterocycles. The van der Waals surface area contributed by atoms with Gasteiger partial charge in [-0.2, -0.15) is 0 Å². The Morgan fingerprint density at radius 2 is 0.822 bits per heavy atom. The van der Waals surface area contributed by atoms with Crippen LogP contribution in [0.5, 0.6) is 0 Å². The summed E-state index contributed by atoms with van der Waals surface area (Å²) in [7, 11) is -4.10. The van der Waals surface area contributed by atoms with E-state index < -0.39 is 16.1 Å². The highest BCUT2D eigenvalue weighted by Gasteiger charge is 2.50. The lowest BCUT2D eigenvalue weighted by Gasteiger charge is -2.49. The molecule has 0 spiro atoms. The molecule has 45 heavy (non-hydrogen) atoms. The third-order valence-corrected chi connectivity index (χ3v) is 30.8. The fourth-order valence-electron chi connectivity index (χ4n) is 11.8. The van der Waals surface area contributed by atoms with Gasteiger partial charge in [0.05, 0.1) is 16.1 Å². The second-order valence-electron chi connectivity index (χ2n) is 17.0. The van der Waals surface area contributed by atoms with E-state index in [2.05, 4.69) is 126 Å². The molecule has 3 heteroatoms. The molecule has 0 nitrogen and oxygen atoms in total. The minimum atomic E-state index is -1.95. The Morgan fingerprint density at radius 1 is 0.467 bits per heavy atom. The zero-order valence-electron chi connectivity index (χ0n) is 31.7. The van der Waals surface area contributed by atoms with E-state index in [-0.39, 0.29) is 7.92 Å². The van der Waals surface area contributed by atoms with Crippen LogP contribution in [0.4, 0.5) is 0 Å². The molecule has 2 aromatic rings. The summed E-state index contributed by atoms with van der Waals surface area (Å²) in [6.45, 7) is 31.0. The van der Waals surface area contributed by atoms with E-state index in [9.17, 15) is 0 Å². The van der Waals surface area contributed by atoms with Crippen molar-refractivity contribution in [2.24, 2.45) is 0 Å². The molecule has 0 unspecified atom stereocenters. The van der Waals surface area contributed by atoms with Crippen molar-refractivity contribution >= 4 is 39.7 Å². The number of rotatable bonds is 12. The van der Waals surface area contributed by atoms with Gasteiger partial charge >= 0.3 is 0 Å². The van der Waals surface area contributed by atoms with Gasteiger partial charge in [-0.1, -0.05) is 182 Å². The standard InChI is InChI=1S/C42H71PSi2/c1-30(2)44(31(3)4,32(5)6)40-28-21-29-41(45(33(7)8,34(9)10)35(11)12)42(40)38-26-19-20-27-39(38)43(36-22-15-13-16-23-36)37-24-17-14-18-25-37/h19-21,26-37H,13-18,22-25H2,1-12H3. The normalized spacial score (nSPS) is 18.1. The largest absolute Gasteiger partial charge is 0.0950 e. The Hall–Kier alpha value is -0.696. The SMILES string of the molecule is CC(C)[Si](c1cccc([Si](C(C)C)(C(C)C)C(C)C)c1-c1ccccc1P(C1CCCCC1)C1CCCCC1)(C(C)C)C(C)C. The third kappa shape index (κ3) is 6.79. The van der Waals surface area contributed by atoms with Gasteiger partial charge in [-0.25, -0.2) is 0 Å². The molecular weight excluding hydrogens is 592 g/mol. The van der Waals surface area contributed by atoms with Crippen LogP contribution < -0.4 is 15.7 Å². The Kier molecular flexibility index (Phi) is 12.9. The van der Waals surface area contributed by atoms with E-state index in [1.54, 1.807) is 16.4 Å². The monoisotopic (exact) mass is 662 g/mol. The zero-order valence-corrected chi connectivity index (χ0v) is 34.6. The minimum Gasteiger partial charge on any atom is -0.0683 e. The molecule has 4 rings (SSSR count). The summed E-state index contributed by atoms with van der Waals surface area (Å²) in [5.41, 5.74) is 9.47. The van der Waals surface area contributed by atoms with Crippen molar-refractivity contribution in [3.8, 4) is 11.1 Å². The van der Waals surface area contributed by atoms with Crippen LogP contribution in [0.2, 0.25) is 33.2 Å². The van der Waals surface area contributed by atoms with Crippen molar-refractivity contribution in [1.82, 2.24) is 0 Å². The summed E-state index contributed by atoms with van der Waals surface area (Å²) in [6, 6.07) is 18.0. The molecule has 2 fully saturated rings. The highest BCUT2D eigenvalue weighted by atomic mass is 31.1. The maximum absolute atomic E-state index is 2.67. The van der Waals surface area contributed by atoms with Crippen LogP contribution in [0.3, 0.4) is 0 Å². The molecule has 0 atom stereocenters. The smallest absolute Gasteiger partial charge is 0.0683 e. The van der Waals surface area contributed by atoms with Gasteiger partial charge in [0.2, 0.25) is 0 Å². The first-order valence-corrected chi connectivity index (χ1v) is 25.3. The van der Waals surface area contributed by atoms with Gasteiger partial charge in [-0.3, -0.25) is 0 Å². The summed E-state index contributed by atoms with van der Waals surface area (Å²) >= 11 is 0. The van der Waals surface area contributed by atoms with Crippen LogP contribution in [0, 0.1) is 0 Å². The maximum Gasteiger partial charge on any atom is 0.0950 e. The number of benzene rings is 2. The molecular formula is C42H71PSi2. The van der Waals surface area contributed by atoms with E-state index in [0.717, 1.165) is 11.3 Å². The van der Waals surface area contributed by atoms with E-state index in [4.69, 9.17) is 0 Å². The summed E-state index contributed by atoms with van der Waals surface area (Å²) in [6.07, 6.45) is 14.6. The van der Waals surface area contributed by atoms with E-state index in [1.165, 1.54) is 64.2 Å². The quantitative estimate of drug-likeness (QED) is 0.157. The van der Waals surface area contributed by atoms with Crippen molar-refractivity contribution in [3.05, 3.63) is 42.5 Å². The molecule has 0 radical (unpaired) electrons. The Morgan fingerprint density at radius 3 is 1.18 bits per heavy atom.